The average molecular weight is 319 g/mol. The Bertz CT molecular complexity index is 561. The molecule has 0 aromatic heterocycles. The fraction of sp³-hybridized carbons (Fsp3) is 0.188. The molecule has 3 heteroatoms. The van der Waals surface area contributed by atoms with E-state index in [1.165, 1.54) is 5.56 Å². The van der Waals surface area contributed by atoms with Crippen LogP contribution in [0.5, 0.6) is 11.5 Å². The second-order valence-corrected chi connectivity index (χ2v) is 5.21. The smallest absolute Gasteiger partial charge is 0.153 e. The molecule has 0 aliphatic carbocycles. The zero-order valence-corrected chi connectivity index (χ0v) is 12.3. The first-order chi connectivity index (χ1) is 9.22. The average Bonchev–Trinajstić information content (AvgIpc) is 2.42. The van der Waals surface area contributed by atoms with Gasteiger partial charge in [-0.2, -0.15) is 0 Å². The molecule has 0 fully saturated rings. The van der Waals surface area contributed by atoms with Crippen LogP contribution in [-0.4, -0.2) is 6.29 Å². The number of benzene rings is 2. The minimum absolute atomic E-state index is 0.542. The van der Waals surface area contributed by atoms with Crippen LogP contribution in [0.3, 0.4) is 0 Å². The van der Waals surface area contributed by atoms with Crippen molar-refractivity contribution in [2.75, 3.05) is 0 Å². The first-order valence-electron chi connectivity index (χ1n) is 6.24. The summed E-state index contributed by atoms with van der Waals surface area (Å²) in [6, 6.07) is 13.3. The van der Waals surface area contributed by atoms with Crippen molar-refractivity contribution in [3.63, 3.8) is 0 Å². The molecule has 0 radical (unpaired) electrons. The highest BCUT2D eigenvalue weighted by atomic mass is 79.9. The zero-order chi connectivity index (χ0) is 13.7. The molecule has 0 unspecified atom stereocenters. The molecule has 2 nitrogen and oxygen atoms in total. The summed E-state index contributed by atoms with van der Waals surface area (Å²) in [5.74, 6) is 1.30. The predicted molar refractivity (Wildman–Crippen MR) is 80.0 cm³/mol. The summed E-state index contributed by atoms with van der Waals surface area (Å²) in [7, 11) is 0. The van der Waals surface area contributed by atoms with Crippen LogP contribution in [0.4, 0.5) is 0 Å². The number of aryl methyl sites for hydroxylation is 1. The molecule has 0 amide bonds. The summed E-state index contributed by atoms with van der Waals surface area (Å²) in [5, 5.41) is 0. The molecule has 0 atom stereocenters. The van der Waals surface area contributed by atoms with Crippen molar-refractivity contribution in [1.82, 2.24) is 0 Å². The lowest BCUT2D eigenvalue weighted by molar-refractivity contribution is 0.112. The van der Waals surface area contributed by atoms with Crippen molar-refractivity contribution in [3.8, 4) is 11.5 Å². The summed E-state index contributed by atoms with van der Waals surface area (Å²) in [6.45, 7) is 2.16. The van der Waals surface area contributed by atoms with Gasteiger partial charge < -0.3 is 4.74 Å². The second kappa shape index (κ2) is 6.53. The SMILES string of the molecule is CCCc1ccc(Oc2cc(Br)ccc2C=O)cc1. The van der Waals surface area contributed by atoms with Crippen LogP contribution >= 0.6 is 15.9 Å². The molecule has 0 saturated carbocycles. The van der Waals surface area contributed by atoms with Gasteiger partial charge in [-0.05, 0) is 42.3 Å². The lowest BCUT2D eigenvalue weighted by atomic mass is 10.1. The molecule has 0 N–H and O–H groups in total. The maximum Gasteiger partial charge on any atom is 0.153 e. The van der Waals surface area contributed by atoms with E-state index in [2.05, 4.69) is 35.0 Å². The fourth-order valence-electron chi connectivity index (χ4n) is 1.83. The standard InChI is InChI=1S/C16H15BrO2/c1-2-3-12-4-8-15(9-5-12)19-16-10-14(17)7-6-13(16)11-18/h4-11H,2-3H2,1H3. The van der Waals surface area contributed by atoms with Gasteiger partial charge in [-0.1, -0.05) is 41.4 Å². The zero-order valence-electron chi connectivity index (χ0n) is 10.7. The number of carbonyl (C=O) groups is 1. The van der Waals surface area contributed by atoms with Crippen LogP contribution in [-0.2, 0) is 6.42 Å². The molecule has 0 aliphatic heterocycles. The van der Waals surface area contributed by atoms with Crippen molar-refractivity contribution in [2.24, 2.45) is 0 Å². The molecule has 0 heterocycles. The number of hydrogen-bond donors (Lipinski definition) is 0. The number of halogens is 1. The van der Waals surface area contributed by atoms with Gasteiger partial charge in [0.2, 0.25) is 0 Å². The molecule has 2 rings (SSSR count). The highest BCUT2D eigenvalue weighted by Gasteiger charge is 2.05. The van der Waals surface area contributed by atoms with Crippen molar-refractivity contribution >= 4 is 22.2 Å². The van der Waals surface area contributed by atoms with E-state index in [1.54, 1.807) is 12.1 Å². The Morgan fingerprint density at radius 1 is 1.16 bits per heavy atom. The van der Waals surface area contributed by atoms with Crippen molar-refractivity contribution in [2.45, 2.75) is 19.8 Å². The second-order valence-electron chi connectivity index (χ2n) is 4.30. The number of carbonyl (C=O) groups excluding carboxylic acids is 1. The van der Waals surface area contributed by atoms with Gasteiger partial charge in [0.05, 0.1) is 5.56 Å². The Morgan fingerprint density at radius 2 is 1.89 bits per heavy atom. The molecule has 19 heavy (non-hydrogen) atoms. The van der Waals surface area contributed by atoms with E-state index in [-0.39, 0.29) is 0 Å². The molecular weight excluding hydrogens is 304 g/mol. The Labute approximate surface area is 121 Å². The molecule has 2 aromatic rings. The van der Waals surface area contributed by atoms with Crippen molar-refractivity contribution in [3.05, 3.63) is 58.1 Å². The first-order valence-corrected chi connectivity index (χ1v) is 7.03. The Morgan fingerprint density at radius 3 is 2.53 bits per heavy atom. The molecular formula is C16H15BrO2. The van der Waals surface area contributed by atoms with E-state index in [9.17, 15) is 4.79 Å². The van der Waals surface area contributed by atoms with Gasteiger partial charge in [-0.25, -0.2) is 0 Å². The summed E-state index contributed by atoms with van der Waals surface area (Å²) in [6.07, 6.45) is 2.99. The summed E-state index contributed by atoms with van der Waals surface area (Å²) >= 11 is 3.38. The lowest BCUT2D eigenvalue weighted by Crippen LogP contribution is -1.91. The third-order valence-electron chi connectivity index (χ3n) is 2.79. The van der Waals surface area contributed by atoms with Gasteiger partial charge in [0.1, 0.15) is 11.5 Å². The third kappa shape index (κ3) is 3.67. The van der Waals surface area contributed by atoms with E-state index in [0.29, 0.717) is 11.3 Å². The largest absolute Gasteiger partial charge is 0.457 e. The molecule has 0 bridgehead atoms. The van der Waals surface area contributed by atoms with Gasteiger partial charge in [0.15, 0.2) is 6.29 Å². The predicted octanol–water partition coefficient (Wildman–Crippen LogP) is 5.01. The van der Waals surface area contributed by atoms with Crippen LogP contribution in [0.1, 0.15) is 29.3 Å². The number of aldehydes is 1. The maximum atomic E-state index is 11.0. The van der Waals surface area contributed by atoms with E-state index >= 15 is 0 Å². The summed E-state index contributed by atoms with van der Waals surface area (Å²) in [5.41, 5.74) is 1.83. The van der Waals surface area contributed by atoms with Crippen LogP contribution in [0.25, 0.3) is 0 Å². The highest BCUT2D eigenvalue weighted by Crippen LogP contribution is 2.28. The Balaban J connectivity index is 2.20. The molecule has 0 aliphatic rings. The van der Waals surface area contributed by atoms with E-state index < -0.39 is 0 Å². The fourth-order valence-corrected chi connectivity index (χ4v) is 2.17. The van der Waals surface area contributed by atoms with Gasteiger partial charge >= 0.3 is 0 Å². The summed E-state index contributed by atoms with van der Waals surface area (Å²) < 4.78 is 6.64. The number of ether oxygens (including phenoxy) is 1. The third-order valence-corrected chi connectivity index (χ3v) is 3.29. The monoisotopic (exact) mass is 318 g/mol. The van der Waals surface area contributed by atoms with Crippen molar-refractivity contribution < 1.29 is 9.53 Å². The normalized spacial score (nSPS) is 10.2. The molecule has 98 valence electrons. The minimum atomic E-state index is 0.542. The van der Waals surface area contributed by atoms with Gasteiger partial charge in [-0.3, -0.25) is 4.79 Å². The Hall–Kier alpha value is -1.61. The van der Waals surface area contributed by atoms with Crippen LogP contribution < -0.4 is 4.74 Å². The quantitative estimate of drug-likeness (QED) is 0.724. The van der Waals surface area contributed by atoms with Gasteiger partial charge in [-0.15, -0.1) is 0 Å². The minimum Gasteiger partial charge on any atom is -0.457 e. The summed E-state index contributed by atoms with van der Waals surface area (Å²) in [4.78, 5) is 11.0. The van der Waals surface area contributed by atoms with Crippen LogP contribution in [0, 0.1) is 0 Å². The van der Waals surface area contributed by atoms with E-state index in [4.69, 9.17) is 4.74 Å². The maximum absolute atomic E-state index is 11.0. The molecule has 0 spiro atoms. The number of rotatable bonds is 5. The van der Waals surface area contributed by atoms with Crippen LogP contribution in [0.2, 0.25) is 0 Å². The number of hydrogen-bond acceptors (Lipinski definition) is 2. The lowest BCUT2D eigenvalue weighted by Gasteiger charge is -2.09. The van der Waals surface area contributed by atoms with Gasteiger partial charge in [0, 0.05) is 4.47 Å². The van der Waals surface area contributed by atoms with Gasteiger partial charge in [0.25, 0.3) is 0 Å². The van der Waals surface area contributed by atoms with E-state index in [1.807, 2.05) is 18.2 Å². The molecule has 2 aromatic carbocycles. The van der Waals surface area contributed by atoms with Crippen molar-refractivity contribution in [1.29, 1.82) is 0 Å². The highest BCUT2D eigenvalue weighted by molar-refractivity contribution is 9.10. The van der Waals surface area contributed by atoms with Crippen LogP contribution in [0.15, 0.2) is 46.9 Å². The topological polar surface area (TPSA) is 26.3 Å². The van der Waals surface area contributed by atoms with E-state index in [0.717, 1.165) is 29.4 Å². The first kappa shape index (κ1) is 13.8. The molecule has 0 saturated heterocycles. The Kier molecular flexibility index (Phi) is 4.74.